The van der Waals surface area contributed by atoms with Crippen molar-refractivity contribution in [1.82, 2.24) is 15.1 Å². The van der Waals surface area contributed by atoms with Gasteiger partial charge >= 0.3 is 0 Å². The lowest BCUT2D eigenvalue weighted by atomic mass is 10.2. The Morgan fingerprint density at radius 1 is 1.25 bits per heavy atom. The summed E-state index contributed by atoms with van der Waals surface area (Å²) < 4.78 is 1.78. The number of benzene rings is 2. The number of hydrogen-bond donors (Lipinski definition) is 1. The molecule has 0 aliphatic rings. The fourth-order valence-corrected chi connectivity index (χ4v) is 2.90. The molecule has 3 rings (SSSR count). The number of aromatic nitrogens is 2. The smallest absolute Gasteiger partial charge is 0.253 e. The van der Waals surface area contributed by atoms with Crippen molar-refractivity contribution in [3.8, 4) is 5.69 Å². The minimum Gasteiger partial charge on any atom is -0.348 e. The van der Waals surface area contributed by atoms with Crippen LogP contribution in [-0.2, 0) is 6.54 Å². The lowest BCUT2D eigenvalue weighted by Gasteiger charge is -2.07. The van der Waals surface area contributed by atoms with Gasteiger partial charge in [-0.05, 0) is 36.6 Å². The highest BCUT2D eigenvalue weighted by molar-refractivity contribution is 7.98. The third kappa shape index (κ3) is 3.80. The Balaban J connectivity index is 1.68. The van der Waals surface area contributed by atoms with Crippen LogP contribution < -0.4 is 5.32 Å². The van der Waals surface area contributed by atoms with Crippen LogP contribution in [0, 0.1) is 0 Å². The molecule has 0 spiro atoms. The van der Waals surface area contributed by atoms with Gasteiger partial charge in [-0.25, -0.2) is 4.68 Å². The van der Waals surface area contributed by atoms with Crippen LogP contribution in [0.15, 0.2) is 65.8 Å². The standard InChI is InChI=1S/C18H16ClN3OS/c1-24-15-7-8-17(19)16(9-15)18(23)20-10-13-11-21-22(12-13)14-5-3-2-4-6-14/h2-9,11-12H,10H2,1H3,(H,20,23). The summed E-state index contributed by atoms with van der Waals surface area (Å²) in [5.41, 5.74) is 2.38. The summed E-state index contributed by atoms with van der Waals surface area (Å²) in [6, 6.07) is 15.3. The predicted molar refractivity (Wildman–Crippen MR) is 98.0 cm³/mol. The molecule has 122 valence electrons. The molecule has 0 aliphatic heterocycles. The van der Waals surface area contributed by atoms with Gasteiger partial charge in [-0.1, -0.05) is 29.8 Å². The molecular formula is C18H16ClN3OS. The molecule has 1 heterocycles. The van der Waals surface area contributed by atoms with Gasteiger partial charge in [0.25, 0.3) is 5.91 Å². The molecule has 1 aromatic heterocycles. The minimum atomic E-state index is -0.191. The number of halogens is 1. The Bertz CT molecular complexity index is 848. The number of amides is 1. The first-order valence-corrected chi connectivity index (χ1v) is 8.98. The molecule has 1 amide bonds. The van der Waals surface area contributed by atoms with Crippen LogP contribution in [0.5, 0.6) is 0 Å². The number of carbonyl (C=O) groups is 1. The van der Waals surface area contributed by atoms with Crippen LogP contribution in [0.3, 0.4) is 0 Å². The summed E-state index contributed by atoms with van der Waals surface area (Å²) in [5.74, 6) is -0.191. The Morgan fingerprint density at radius 2 is 2.04 bits per heavy atom. The van der Waals surface area contributed by atoms with E-state index in [0.29, 0.717) is 17.1 Å². The molecule has 3 aromatic rings. The van der Waals surface area contributed by atoms with Crippen molar-refractivity contribution in [2.24, 2.45) is 0 Å². The van der Waals surface area contributed by atoms with Crippen molar-refractivity contribution in [2.75, 3.05) is 6.26 Å². The number of para-hydroxylation sites is 1. The van der Waals surface area contributed by atoms with Crippen LogP contribution in [0.2, 0.25) is 5.02 Å². The second-order valence-electron chi connectivity index (χ2n) is 5.16. The Labute approximate surface area is 149 Å². The van der Waals surface area contributed by atoms with Crippen LogP contribution in [0.25, 0.3) is 5.69 Å². The molecule has 0 radical (unpaired) electrons. The predicted octanol–water partition coefficient (Wildman–Crippen LogP) is 4.18. The summed E-state index contributed by atoms with van der Waals surface area (Å²) in [6.45, 7) is 0.394. The first-order chi connectivity index (χ1) is 11.7. The van der Waals surface area contributed by atoms with Gasteiger partial charge in [0.15, 0.2) is 0 Å². The molecule has 0 fully saturated rings. The maximum Gasteiger partial charge on any atom is 0.253 e. The largest absolute Gasteiger partial charge is 0.348 e. The van der Waals surface area contributed by atoms with E-state index in [1.807, 2.05) is 48.9 Å². The molecule has 24 heavy (non-hydrogen) atoms. The molecule has 0 bridgehead atoms. The van der Waals surface area contributed by atoms with E-state index in [4.69, 9.17) is 11.6 Å². The molecule has 0 saturated heterocycles. The third-order valence-corrected chi connectivity index (χ3v) is 4.58. The van der Waals surface area contributed by atoms with Gasteiger partial charge in [0.2, 0.25) is 0 Å². The van der Waals surface area contributed by atoms with Crippen molar-refractivity contribution < 1.29 is 4.79 Å². The van der Waals surface area contributed by atoms with E-state index >= 15 is 0 Å². The fraction of sp³-hybridized carbons (Fsp3) is 0.111. The highest BCUT2D eigenvalue weighted by Crippen LogP contribution is 2.23. The lowest BCUT2D eigenvalue weighted by molar-refractivity contribution is 0.0951. The van der Waals surface area contributed by atoms with E-state index in [0.717, 1.165) is 16.1 Å². The highest BCUT2D eigenvalue weighted by Gasteiger charge is 2.11. The van der Waals surface area contributed by atoms with Crippen LogP contribution in [-0.4, -0.2) is 21.9 Å². The van der Waals surface area contributed by atoms with Crippen molar-refractivity contribution in [3.05, 3.63) is 77.1 Å². The molecule has 0 atom stereocenters. The first kappa shape index (κ1) is 16.6. The summed E-state index contributed by atoms with van der Waals surface area (Å²) in [4.78, 5) is 13.4. The molecule has 0 saturated carbocycles. The van der Waals surface area contributed by atoms with Crippen molar-refractivity contribution in [1.29, 1.82) is 0 Å². The topological polar surface area (TPSA) is 46.9 Å². The number of nitrogens with one attached hydrogen (secondary N) is 1. The summed E-state index contributed by atoms with van der Waals surface area (Å²) >= 11 is 7.70. The van der Waals surface area contributed by atoms with E-state index < -0.39 is 0 Å². The molecule has 1 N–H and O–H groups in total. The molecule has 4 nitrogen and oxygen atoms in total. The number of nitrogens with zero attached hydrogens (tertiary/aromatic N) is 2. The number of rotatable bonds is 5. The Kier molecular flexibility index (Phi) is 5.23. The molecule has 2 aromatic carbocycles. The van der Waals surface area contributed by atoms with Gasteiger partial charge in [0.05, 0.1) is 22.5 Å². The fourth-order valence-electron chi connectivity index (χ4n) is 2.26. The van der Waals surface area contributed by atoms with Crippen LogP contribution in [0.4, 0.5) is 0 Å². The van der Waals surface area contributed by atoms with Gasteiger partial charge < -0.3 is 5.32 Å². The van der Waals surface area contributed by atoms with Gasteiger partial charge in [0.1, 0.15) is 0 Å². The van der Waals surface area contributed by atoms with E-state index in [1.165, 1.54) is 0 Å². The van der Waals surface area contributed by atoms with Gasteiger partial charge in [-0.3, -0.25) is 4.79 Å². The third-order valence-electron chi connectivity index (χ3n) is 3.53. The minimum absolute atomic E-state index is 0.191. The van der Waals surface area contributed by atoms with Crippen molar-refractivity contribution in [3.63, 3.8) is 0 Å². The van der Waals surface area contributed by atoms with Gasteiger partial charge in [0, 0.05) is 23.2 Å². The average Bonchev–Trinajstić information content (AvgIpc) is 3.10. The SMILES string of the molecule is CSc1ccc(Cl)c(C(=O)NCc2cnn(-c3ccccc3)c2)c1. The zero-order valence-corrected chi connectivity index (χ0v) is 14.6. The summed E-state index contributed by atoms with van der Waals surface area (Å²) in [6.07, 6.45) is 5.60. The zero-order chi connectivity index (χ0) is 16.9. The van der Waals surface area contributed by atoms with Crippen molar-refractivity contribution >= 4 is 29.3 Å². The second kappa shape index (κ2) is 7.55. The molecular weight excluding hydrogens is 342 g/mol. The van der Waals surface area contributed by atoms with Gasteiger partial charge in [-0.2, -0.15) is 5.10 Å². The van der Waals surface area contributed by atoms with Crippen LogP contribution in [0.1, 0.15) is 15.9 Å². The normalized spacial score (nSPS) is 10.6. The number of thioether (sulfide) groups is 1. The number of hydrogen-bond acceptors (Lipinski definition) is 3. The maximum absolute atomic E-state index is 12.4. The first-order valence-electron chi connectivity index (χ1n) is 7.38. The van der Waals surface area contributed by atoms with Gasteiger partial charge in [-0.15, -0.1) is 11.8 Å². The Morgan fingerprint density at radius 3 is 2.79 bits per heavy atom. The summed E-state index contributed by atoms with van der Waals surface area (Å²) in [7, 11) is 0. The van der Waals surface area contributed by atoms with E-state index in [2.05, 4.69) is 10.4 Å². The lowest BCUT2D eigenvalue weighted by Crippen LogP contribution is -2.23. The summed E-state index contributed by atoms with van der Waals surface area (Å²) in [5, 5.41) is 7.65. The molecule has 0 unspecified atom stereocenters. The quantitative estimate of drug-likeness (QED) is 0.697. The Hall–Kier alpha value is -2.24. The van der Waals surface area contributed by atoms with Crippen molar-refractivity contribution in [2.45, 2.75) is 11.4 Å². The monoisotopic (exact) mass is 357 g/mol. The van der Waals surface area contributed by atoms with Crippen LogP contribution >= 0.6 is 23.4 Å². The van der Waals surface area contributed by atoms with E-state index in [1.54, 1.807) is 34.8 Å². The highest BCUT2D eigenvalue weighted by atomic mass is 35.5. The molecule has 0 aliphatic carbocycles. The van der Waals surface area contributed by atoms with E-state index in [-0.39, 0.29) is 5.91 Å². The van der Waals surface area contributed by atoms with E-state index in [9.17, 15) is 4.79 Å². The zero-order valence-electron chi connectivity index (χ0n) is 13.1. The molecule has 6 heteroatoms. The maximum atomic E-state index is 12.4. The second-order valence-corrected chi connectivity index (χ2v) is 6.44. The number of carbonyl (C=O) groups excluding carboxylic acids is 1. The average molecular weight is 358 g/mol.